The number of benzene rings is 1. The first-order chi connectivity index (χ1) is 10.7. The van der Waals surface area contributed by atoms with Crippen molar-refractivity contribution in [1.29, 1.82) is 0 Å². The molecule has 1 unspecified atom stereocenters. The molecular formula is C12H10ClF7N2OS. The van der Waals surface area contributed by atoms with Crippen molar-refractivity contribution in [1.82, 2.24) is 4.90 Å². The van der Waals surface area contributed by atoms with Gasteiger partial charge in [0.15, 0.2) is 10.7 Å². The third-order valence-corrected chi connectivity index (χ3v) is 4.29. The second-order valence-electron chi connectivity index (χ2n) is 4.67. The second-order valence-corrected chi connectivity index (χ2v) is 6.49. The SMILES string of the molecule is CN(C)/C(=N/c1cc([S+]([O-])CC(F)(F)F)c(Cl)cc1F)C(F)(F)F. The van der Waals surface area contributed by atoms with E-state index in [0.717, 1.165) is 14.1 Å². The number of amidine groups is 1. The van der Waals surface area contributed by atoms with Gasteiger partial charge in [-0.15, -0.1) is 0 Å². The molecule has 24 heavy (non-hydrogen) atoms. The lowest BCUT2D eigenvalue weighted by molar-refractivity contribution is -0.106. The Labute approximate surface area is 140 Å². The van der Waals surface area contributed by atoms with E-state index in [-0.39, 0.29) is 0 Å². The van der Waals surface area contributed by atoms with Crippen molar-refractivity contribution in [2.45, 2.75) is 17.2 Å². The highest BCUT2D eigenvalue weighted by molar-refractivity contribution is 7.91. The molecule has 12 heteroatoms. The average Bonchev–Trinajstić information content (AvgIpc) is 2.33. The zero-order chi connectivity index (χ0) is 18.9. The Morgan fingerprint density at radius 1 is 1.21 bits per heavy atom. The van der Waals surface area contributed by atoms with Crippen LogP contribution in [0.3, 0.4) is 0 Å². The molecule has 136 valence electrons. The summed E-state index contributed by atoms with van der Waals surface area (Å²) in [6, 6.07) is 0.975. The van der Waals surface area contributed by atoms with E-state index in [0.29, 0.717) is 17.0 Å². The molecule has 0 radical (unpaired) electrons. The van der Waals surface area contributed by atoms with E-state index >= 15 is 0 Å². The van der Waals surface area contributed by atoms with Gasteiger partial charge in [-0.1, -0.05) is 11.6 Å². The van der Waals surface area contributed by atoms with Gasteiger partial charge in [0.2, 0.25) is 11.6 Å². The maximum absolute atomic E-state index is 13.7. The molecule has 0 spiro atoms. The van der Waals surface area contributed by atoms with Gasteiger partial charge in [-0.3, -0.25) is 0 Å². The molecule has 0 amide bonds. The summed E-state index contributed by atoms with van der Waals surface area (Å²) < 4.78 is 101. The third kappa shape index (κ3) is 5.71. The fraction of sp³-hybridized carbons (Fsp3) is 0.417. The second kappa shape index (κ2) is 7.36. The maximum Gasteiger partial charge on any atom is 0.449 e. The number of nitrogens with zero attached hydrogens (tertiary/aromatic N) is 2. The van der Waals surface area contributed by atoms with Gasteiger partial charge in [-0.05, 0) is 17.2 Å². The zero-order valence-electron chi connectivity index (χ0n) is 12.1. The molecule has 1 rings (SSSR count). The van der Waals surface area contributed by atoms with Crippen molar-refractivity contribution < 1.29 is 35.3 Å². The summed E-state index contributed by atoms with van der Waals surface area (Å²) in [5.41, 5.74) is -0.925. The van der Waals surface area contributed by atoms with E-state index in [4.69, 9.17) is 11.6 Å². The van der Waals surface area contributed by atoms with Crippen LogP contribution in [0.25, 0.3) is 0 Å². The van der Waals surface area contributed by atoms with Crippen molar-refractivity contribution in [3.63, 3.8) is 0 Å². The lowest BCUT2D eigenvalue weighted by atomic mass is 10.3. The molecule has 1 aromatic rings. The van der Waals surface area contributed by atoms with E-state index in [9.17, 15) is 35.3 Å². The summed E-state index contributed by atoms with van der Waals surface area (Å²) in [6.07, 6.45) is -9.73. The Hall–Kier alpha value is -1.20. The Bertz CT molecular complexity index is 631. The fourth-order valence-corrected chi connectivity index (χ4v) is 2.92. The van der Waals surface area contributed by atoms with Gasteiger partial charge in [-0.2, -0.15) is 26.3 Å². The van der Waals surface area contributed by atoms with Crippen molar-refractivity contribution in [3.05, 3.63) is 23.0 Å². The van der Waals surface area contributed by atoms with Crippen molar-refractivity contribution in [2.75, 3.05) is 19.8 Å². The van der Waals surface area contributed by atoms with Crippen LogP contribution in [0.4, 0.5) is 36.4 Å². The van der Waals surface area contributed by atoms with E-state index in [1.807, 2.05) is 0 Å². The Morgan fingerprint density at radius 2 is 1.75 bits per heavy atom. The molecule has 0 aliphatic carbocycles. The molecule has 0 bridgehead atoms. The quantitative estimate of drug-likeness (QED) is 0.329. The lowest BCUT2D eigenvalue weighted by Gasteiger charge is -2.19. The summed E-state index contributed by atoms with van der Waals surface area (Å²) in [5, 5.41) is -0.604. The summed E-state index contributed by atoms with van der Waals surface area (Å²) in [6.45, 7) is 0. The van der Waals surface area contributed by atoms with E-state index in [1.165, 1.54) is 0 Å². The van der Waals surface area contributed by atoms with Crippen LogP contribution < -0.4 is 0 Å². The number of alkyl halides is 6. The molecule has 1 atom stereocenters. The summed E-state index contributed by atoms with van der Waals surface area (Å²) in [7, 11) is 2.01. The highest BCUT2D eigenvalue weighted by Crippen LogP contribution is 2.33. The number of halogens is 8. The van der Waals surface area contributed by atoms with Crippen molar-refractivity contribution >= 4 is 34.3 Å². The predicted molar refractivity (Wildman–Crippen MR) is 75.6 cm³/mol. The highest BCUT2D eigenvalue weighted by Gasteiger charge is 2.39. The van der Waals surface area contributed by atoms with Crippen molar-refractivity contribution in [2.24, 2.45) is 4.99 Å². The summed E-state index contributed by atoms with van der Waals surface area (Å²) >= 11 is 2.82. The monoisotopic (exact) mass is 398 g/mol. The fourth-order valence-electron chi connectivity index (χ4n) is 1.54. The first-order valence-electron chi connectivity index (χ1n) is 5.99. The van der Waals surface area contributed by atoms with E-state index in [1.54, 1.807) is 0 Å². The molecule has 0 fully saturated rings. The topological polar surface area (TPSA) is 38.7 Å². The third-order valence-electron chi connectivity index (χ3n) is 2.44. The minimum atomic E-state index is -4.93. The van der Waals surface area contributed by atoms with Crippen LogP contribution in [0.2, 0.25) is 5.02 Å². The van der Waals surface area contributed by atoms with Crippen molar-refractivity contribution in [3.8, 4) is 0 Å². The van der Waals surface area contributed by atoms with Gasteiger partial charge in [0, 0.05) is 20.2 Å². The summed E-state index contributed by atoms with van der Waals surface area (Å²) in [4.78, 5) is 2.98. The van der Waals surface area contributed by atoms with Gasteiger partial charge >= 0.3 is 12.4 Å². The molecule has 0 heterocycles. The molecule has 0 aromatic heterocycles. The minimum absolute atomic E-state index is 0.466. The zero-order valence-corrected chi connectivity index (χ0v) is 13.7. The molecule has 0 saturated heterocycles. The van der Waals surface area contributed by atoms with Crippen LogP contribution in [0.5, 0.6) is 0 Å². The van der Waals surface area contributed by atoms with Gasteiger partial charge in [0.1, 0.15) is 5.69 Å². The maximum atomic E-state index is 13.7. The summed E-state index contributed by atoms with van der Waals surface area (Å²) in [5.74, 6) is -4.56. The molecule has 0 aliphatic heterocycles. The van der Waals surface area contributed by atoms with Crippen LogP contribution in [0, 0.1) is 5.82 Å². The van der Waals surface area contributed by atoms with E-state index in [2.05, 4.69) is 4.99 Å². The number of aliphatic imine (C=N–C) groups is 1. The number of hydrogen-bond acceptors (Lipinski definition) is 2. The Kier molecular flexibility index (Phi) is 6.39. The first kappa shape index (κ1) is 20.8. The minimum Gasteiger partial charge on any atom is -0.611 e. The van der Waals surface area contributed by atoms with Gasteiger partial charge < -0.3 is 9.45 Å². The highest BCUT2D eigenvalue weighted by atomic mass is 35.5. The smallest absolute Gasteiger partial charge is 0.449 e. The molecule has 1 aromatic carbocycles. The van der Waals surface area contributed by atoms with Gasteiger partial charge in [0.25, 0.3) is 0 Å². The molecule has 0 aliphatic rings. The molecule has 0 N–H and O–H groups in total. The van der Waals surface area contributed by atoms with Crippen LogP contribution in [0.1, 0.15) is 0 Å². The number of hydrogen-bond donors (Lipinski definition) is 0. The molecule has 0 saturated carbocycles. The van der Waals surface area contributed by atoms with Crippen LogP contribution in [-0.4, -0.2) is 47.5 Å². The largest absolute Gasteiger partial charge is 0.611 e. The Balaban J connectivity index is 3.38. The standard InChI is InChI=1S/C12H10ClF7N2OS/c1-22(2)10(12(18,19)20)21-8-4-9(6(13)3-7(8)14)24(23)5-11(15,16)17/h3-4H,5H2,1-2H3/b21-10+. The first-order valence-corrected chi connectivity index (χ1v) is 7.69. The predicted octanol–water partition coefficient (Wildman–Crippen LogP) is 4.30. The molecule has 3 nitrogen and oxygen atoms in total. The average molecular weight is 399 g/mol. The van der Waals surface area contributed by atoms with Gasteiger partial charge in [-0.25, -0.2) is 9.38 Å². The van der Waals surface area contributed by atoms with Crippen LogP contribution in [-0.2, 0) is 11.2 Å². The lowest BCUT2D eigenvalue weighted by Crippen LogP contribution is -2.36. The van der Waals surface area contributed by atoms with Gasteiger partial charge in [0.05, 0.1) is 5.02 Å². The normalized spacial score (nSPS) is 14.7. The number of rotatable bonds is 3. The molecular weight excluding hydrogens is 389 g/mol. The Morgan fingerprint density at radius 3 is 2.17 bits per heavy atom. The van der Waals surface area contributed by atoms with E-state index < -0.39 is 56.5 Å². The van der Waals surface area contributed by atoms with Crippen LogP contribution >= 0.6 is 11.6 Å². The van der Waals surface area contributed by atoms with Crippen LogP contribution in [0.15, 0.2) is 22.0 Å².